The molecule has 0 N–H and O–H groups in total. The van der Waals surface area contributed by atoms with Gasteiger partial charge < -0.3 is 0 Å². The topological polar surface area (TPSA) is 0 Å². The van der Waals surface area contributed by atoms with E-state index < -0.39 is 0 Å². The van der Waals surface area contributed by atoms with Gasteiger partial charge in [-0.25, -0.2) is 0 Å². The lowest BCUT2D eigenvalue weighted by molar-refractivity contribution is 0.996. The monoisotopic (exact) mass is 220 g/mol. The maximum absolute atomic E-state index is 2.25. The van der Waals surface area contributed by atoms with Gasteiger partial charge in [-0.1, -0.05) is 31.2 Å². The Morgan fingerprint density at radius 1 is 1.20 bits per heavy atom. The van der Waals surface area contributed by atoms with Crippen LogP contribution in [0.1, 0.15) is 32.3 Å². The minimum absolute atomic E-state index is 1.15. The van der Waals surface area contributed by atoms with Crippen molar-refractivity contribution in [1.29, 1.82) is 0 Å². The summed E-state index contributed by atoms with van der Waals surface area (Å²) < 4.78 is 0. The third kappa shape index (κ3) is 5.08. The Hall–Kier alpha value is -0.690. The molecule has 1 rings (SSSR count). The average Bonchev–Trinajstić information content (AvgIpc) is 2.28. The summed E-state index contributed by atoms with van der Waals surface area (Å²) in [6, 6.07) is 8.99. The Morgan fingerprint density at radius 2 is 1.93 bits per heavy atom. The van der Waals surface area contributed by atoms with Crippen LogP contribution in [0.3, 0.4) is 0 Å². The summed E-state index contributed by atoms with van der Waals surface area (Å²) in [6.07, 6.45) is 7.89. The highest BCUT2D eigenvalue weighted by molar-refractivity contribution is 7.99. The molecule has 0 spiro atoms. The molecule has 82 valence electrons. The molecule has 0 atom stereocenters. The summed E-state index contributed by atoms with van der Waals surface area (Å²) in [5.41, 5.74) is 1.44. The van der Waals surface area contributed by atoms with Gasteiger partial charge in [-0.3, -0.25) is 0 Å². The number of thioether (sulfide) groups is 1. The molecule has 1 heteroatoms. The molecule has 0 aromatic heterocycles. The summed E-state index contributed by atoms with van der Waals surface area (Å²) in [4.78, 5) is 1.40. The highest BCUT2D eigenvalue weighted by atomic mass is 32.2. The quantitative estimate of drug-likeness (QED) is 0.495. The van der Waals surface area contributed by atoms with Gasteiger partial charge in [0.25, 0.3) is 0 Å². The molecule has 0 unspecified atom stereocenters. The minimum Gasteiger partial charge on any atom is -0.126 e. The Morgan fingerprint density at radius 3 is 2.53 bits per heavy atom. The summed E-state index contributed by atoms with van der Waals surface area (Å²) in [7, 11) is 0. The molecule has 0 aliphatic carbocycles. The molecule has 0 aliphatic rings. The van der Waals surface area contributed by atoms with E-state index >= 15 is 0 Å². The maximum Gasteiger partial charge on any atom is 0.00721 e. The molecular weight excluding hydrogens is 200 g/mol. The van der Waals surface area contributed by atoms with Crippen molar-refractivity contribution in [2.24, 2.45) is 0 Å². The number of aryl methyl sites for hydroxylation is 1. The predicted octanol–water partition coefficient (Wildman–Crippen LogP) is 4.70. The van der Waals surface area contributed by atoms with Gasteiger partial charge in [-0.05, 0) is 49.6 Å². The first-order valence-electron chi connectivity index (χ1n) is 5.69. The lowest BCUT2D eigenvalue weighted by Crippen LogP contribution is -1.83. The first-order chi connectivity index (χ1) is 7.36. The van der Waals surface area contributed by atoms with E-state index in [-0.39, 0.29) is 0 Å². The van der Waals surface area contributed by atoms with Crippen LogP contribution >= 0.6 is 11.8 Å². The zero-order chi connectivity index (χ0) is 10.9. The Labute approximate surface area is 97.8 Å². The average molecular weight is 220 g/mol. The summed E-state index contributed by atoms with van der Waals surface area (Å²) in [6.45, 7) is 4.29. The van der Waals surface area contributed by atoms with Crippen molar-refractivity contribution in [3.05, 3.63) is 42.0 Å². The molecule has 0 fully saturated rings. The highest BCUT2D eigenvalue weighted by Crippen LogP contribution is 2.19. The zero-order valence-corrected chi connectivity index (χ0v) is 10.5. The van der Waals surface area contributed by atoms with E-state index in [1.54, 1.807) is 0 Å². The standard InChI is InChI=1S/C14H20S/c1-3-5-6-7-13-8-10-14(11-9-13)15-12-4-2/h3,5,8-11H,4,6-7,12H2,1-2H3/b5-3-. The number of hydrogen-bond donors (Lipinski definition) is 0. The number of allylic oxidation sites excluding steroid dienone is 2. The number of benzene rings is 1. The smallest absolute Gasteiger partial charge is 0.00721 e. The van der Waals surface area contributed by atoms with Crippen molar-refractivity contribution >= 4 is 11.8 Å². The first kappa shape index (κ1) is 12.4. The molecule has 1 aromatic rings. The van der Waals surface area contributed by atoms with Gasteiger partial charge in [0, 0.05) is 4.90 Å². The van der Waals surface area contributed by atoms with E-state index in [0.717, 1.165) is 12.8 Å². The third-order valence-corrected chi connectivity index (χ3v) is 3.45. The van der Waals surface area contributed by atoms with Gasteiger partial charge in [-0.15, -0.1) is 11.8 Å². The fourth-order valence-electron chi connectivity index (χ4n) is 1.39. The fourth-order valence-corrected chi connectivity index (χ4v) is 2.16. The van der Waals surface area contributed by atoms with Crippen LogP contribution < -0.4 is 0 Å². The molecule has 0 amide bonds. The van der Waals surface area contributed by atoms with Crippen LogP contribution in [0.4, 0.5) is 0 Å². The summed E-state index contributed by atoms with van der Waals surface area (Å²) in [5.74, 6) is 1.22. The minimum atomic E-state index is 1.15. The Bertz CT molecular complexity index is 285. The second kappa shape index (κ2) is 7.58. The van der Waals surface area contributed by atoms with Gasteiger partial charge in [0.05, 0.1) is 0 Å². The number of rotatable bonds is 6. The van der Waals surface area contributed by atoms with Crippen LogP contribution in [0.15, 0.2) is 41.3 Å². The highest BCUT2D eigenvalue weighted by Gasteiger charge is 1.94. The first-order valence-corrected chi connectivity index (χ1v) is 6.68. The zero-order valence-electron chi connectivity index (χ0n) is 9.70. The van der Waals surface area contributed by atoms with E-state index in [1.807, 2.05) is 11.8 Å². The van der Waals surface area contributed by atoms with E-state index in [9.17, 15) is 0 Å². The van der Waals surface area contributed by atoms with Crippen molar-refractivity contribution < 1.29 is 0 Å². The molecule has 0 saturated carbocycles. The summed E-state index contributed by atoms with van der Waals surface area (Å²) >= 11 is 1.94. The fraction of sp³-hybridized carbons (Fsp3) is 0.429. The normalized spacial score (nSPS) is 11.1. The molecule has 0 aliphatic heterocycles. The molecule has 0 nitrogen and oxygen atoms in total. The second-order valence-electron chi connectivity index (χ2n) is 3.60. The molecule has 15 heavy (non-hydrogen) atoms. The van der Waals surface area contributed by atoms with Crippen LogP contribution in [0, 0.1) is 0 Å². The van der Waals surface area contributed by atoms with Crippen LogP contribution in [-0.2, 0) is 6.42 Å². The number of hydrogen-bond acceptors (Lipinski definition) is 1. The van der Waals surface area contributed by atoms with E-state index in [1.165, 1.54) is 22.6 Å². The molecule has 0 radical (unpaired) electrons. The Kier molecular flexibility index (Phi) is 6.26. The van der Waals surface area contributed by atoms with Crippen LogP contribution in [-0.4, -0.2) is 5.75 Å². The predicted molar refractivity (Wildman–Crippen MR) is 70.6 cm³/mol. The van der Waals surface area contributed by atoms with Crippen molar-refractivity contribution in [1.82, 2.24) is 0 Å². The third-order valence-electron chi connectivity index (χ3n) is 2.23. The molecule has 0 heterocycles. The van der Waals surface area contributed by atoms with Crippen LogP contribution in [0.2, 0.25) is 0 Å². The van der Waals surface area contributed by atoms with E-state index in [0.29, 0.717) is 0 Å². The maximum atomic E-state index is 2.25. The lowest BCUT2D eigenvalue weighted by Gasteiger charge is -2.02. The van der Waals surface area contributed by atoms with Crippen LogP contribution in [0.25, 0.3) is 0 Å². The van der Waals surface area contributed by atoms with Crippen molar-refractivity contribution in [2.45, 2.75) is 38.0 Å². The van der Waals surface area contributed by atoms with Gasteiger partial charge in [0.15, 0.2) is 0 Å². The molecule has 0 saturated heterocycles. The van der Waals surface area contributed by atoms with Crippen molar-refractivity contribution in [2.75, 3.05) is 5.75 Å². The van der Waals surface area contributed by atoms with E-state index in [4.69, 9.17) is 0 Å². The lowest BCUT2D eigenvalue weighted by atomic mass is 10.1. The molecular formula is C14H20S. The Balaban J connectivity index is 2.41. The molecule has 1 aromatic carbocycles. The van der Waals surface area contributed by atoms with Crippen molar-refractivity contribution in [3.63, 3.8) is 0 Å². The molecule has 0 bridgehead atoms. The van der Waals surface area contributed by atoms with Crippen molar-refractivity contribution in [3.8, 4) is 0 Å². The SMILES string of the molecule is C/C=C\CCc1ccc(SCCC)cc1. The second-order valence-corrected chi connectivity index (χ2v) is 4.77. The van der Waals surface area contributed by atoms with Gasteiger partial charge >= 0.3 is 0 Å². The van der Waals surface area contributed by atoms with Gasteiger partial charge in [-0.2, -0.15) is 0 Å². The van der Waals surface area contributed by atoms with E-state index in [2.05, 4.69) is 50.3 Å². The van der Waals surface area contributed by atoms with Gasteiger partial charge in [0.1, 0.15) is 0 Å². The summed E-state index contributed by atoms with van der Waals surface area (Å²) in [5, 5.41) is 0. The van der Waals surface area contributed by atoms with Crippen LogP contribution in [0.5, 0.6) is 0 Å². The largest absolute Gasteiger partial charge is 0.126 e. The van der Waals surface area contributed by atoms with Gasteiger partial charge in [0.2, 0.25) is 0 Å².